The Balaban J connectivity index is 1.58. The van der Waals surface area contributed by atoms with Gasteiger partial charge < -0.3 is 9.47 Å². The second-order valence-electron chi connectivity index (χ2n) is 7.02. The Bertz CT molecular complexity index is 850. The fourth-order valence-electron chi connectivity index (χ4n) is 4.10. The van der Waals surface area contributed by atoms with Crippen LogP contribution in [-0.2, 0) is 15.1 Å². The molecule has 134 valence electrons. The maximum atomic E-state index is 12.6. The Labute approximate surface area is 150 Å². The van der Waals surface area contributed by atoms with Gasteiger partial charge in [-0.05, 0) is 43.9 Å². The number of ether oxygens (including phenoxy) is 2. The molecule has 6 heteroatoms. The molecular weight excluding hydrogens is 334 g/mol. The molecule has 1 heterocycles. The highest BCUT2D eigenvalue weighted by Gasteiger charge is 2.74. The summed E-state index contributed by atoms with van der Waals surface area (Å²) in [7, 11) is 0. The third-order valence-corrected chi connectivity index (χ3v) is 5.47. The number of carbonyl (C=O) groups excluding carboxylic acids is 1. The summed E-state index contributed by atoms with van der Waals surface area (Å²) in [4.78, 5) is 22.8. The van der Waals surface area contributed by atoms with Crippen molar-refractivity contribution in [3.05, 3.63) is 75.8 Å². The first kappa shape index (κ1) is 16.7. The van der Waals surface area contributed by atoms with Crippen molar-refractivity contribution in [2.45, 2.75) is 43.5 Å². The fourth-order valence-corrected chi connectivity index (χ4v) is 4.10. The fraction of sp³-hybridized carbons (Fsp3) is 0.350. The number of rotatable bonds is 4. The number of carbonyl (C=O) groups is 1. The minimum atomic E-state index is -0.608. The van der Waals surface area contributed by atoms with E-state index in [1.807, 2.05) is 30.3 Å². The van der Waals surface area contributed by atoms with Crippen LogP contribution in [-0.4, -0.2) is 22.6 Å². The van der Waals surface area contributed by atoms with Gasteiger partial charge in [-0.15, -0.1) is 0 Å². The molecule has 0 spiro atoms. The highest BCUT2D eigenvalue weighted by atomic mass is 16.7. The molecule has 0 aromatic heterocycles. The smallest absolute Gasteiger partial charge is 0.338 e. The molecule has 2 aliphatic rings. The average Bonchev–Trinajstić information content (AvgIpc) is 3.31. The first-order valence-electron chi connectivity index (χ1n) is 8.67. The number of fused-ring (bicyclic) bond motifs is 1. The van der Waals surface area contributed by atoms with E-state index in [9.17, 15) is 14.9 Å². The number of nitrogens with zero attached hydrogens (tertiary/aromatic N) is 1. The molecule has 0 N–H and O–H groups in total. The molecule has 1 saturated carbocycles. The van der Waals surface area contributed by atoms with E-state index in [1.54, 1.807) is 0 Å². The van der Waals surface area contributed by atoms with Crippen molar-refractivity contribution in [3.63, 3.8) is 0 Å². The van der Waals surface area contributed by atoms with E-state index >= 15 is 0 Å². The molecule has 0 bridgehead atoms. The Morgan fingerprint density at radius 3 is 2.54 bits per heavy atom. The maximum Gasteiger partial charge on any atom is 0.338 e. The zero-order valence-electron chi connectivity index (χ0n) is 14.4. The second-order valence-corrected chi connectivity index (χ2v) is 7.02. The minimum Gasteiger partial charge on any atom is -0.455 e. The Morgan fingerprint density at radius 2 is 1.88 bits per heavy atom. The lowest BCUT2D eigenvalue weighted by atomic mass is 9.74. The summed E-state index contributed by atoms with van der Waals surface area (Å²) in [5.74, 6) is -0.486. The predicted molar refractivity (Wildman–Crippen MR) is 93.8 cm³/mol. The molecule has 0 amide bonds. The predicted octanol–water partition coefficient (Wildman–Crippen LogP) is 3.99. The highest BCUT2D eigenvalue weighted by molar-refractivity contribution is 5.89. The van der Waals surface area contributed by atoms with Crippen LogP contribution < -0.4 is 0 Å². The van der Waals surface area contributed by atoms with Crippen LogP contribution in [0.5, 0.6) is 0 Å². The summed E-state index contributed by atoms with van der Waals surface area (Å²) in [5, 5.41) is 10.8. The van der Waals surface area contributed by atoms with Crippen LogP contribution in [0.15, 0.2) is 54.6 Å². The van der Waals surface area contributed by atoms with Crippen LogP contribution >= 0.6 is 0 Å². The van der Waals surface area contributed by atoms with Crippen LogP contribution in [0.2, 0.25) is 0 Å². The zero-order chi connectivity index (χ0) is 18.4. The van der Waals surface area contributed by atoms with Gasteiger partial charge in [0.1, 0.15) is 11.7 Å². The van der Waals surface area contributed by atoms with Gasteiger partial charge in [0.2, 0.25) is 0 Å². The van der Waals surface area contributed by atoms with Crippen molar-refractivity contribution in [1.29, 1.82) is 0 Å². The maximum absolute atomic E-state index is 12.6. The Hall–Kier alpha value is -2.73. The van der Waals surface area contributed by atoms with Crippen molar-refractivity contribution >= 4 is 11.7 Å². The first-order chi connectivity index (χ1) is 12.5. The lowest BCUT2D eigenvalue weighted by molar-refractivity contribution is -0.384. The van der Waals surface area contributed by atoms with Gasteiger partial charge in [-0.25, -0.2) is 4.79 Å². The minimum absolute atomic E-state index is 0.0573. The summed E-state index contributed by atoms with van der Waals surface area (Å²) in [6.07, 6.45) is 2.19. The molecule has 1 aliphatic carbocycles. The molecule has 3 atom stereocenters. The molecule has 2 aromatic carbocycles. The molecule has 2 aromatic rings. The molecule has 4 rings (SSSR count). The zero-order valence-corrected chi connectivity index (χ0v) is 14.4. The number of benzene rings is 2. The normalized spacial score (nSPS) is 29.5. The molecular formula is C20H19NO5. The topological polar surface area (TPSA) is 82.0 Å². The highest BCUT2D eigenvalue weighted by Crippen LogP contribution is 2.64. The summed E-state index contributed by atoms with van der Waals surface area (Å²) < 4.78 is 12.0. The monoisotopic (exact) mass is 353 g/mol. The lowest BCUT2D eigenvalue weighted by Crippen LogP contribution is -2.41. The molecule has 6 nitrogen and oxygen atoms in total. The number of nitro groups is 1. The van der Waals surface area contributed by atoms with Gasteiger partial charge in [0.05, 0.1) is 10.5 Å². The van der Waals surface area contributed by atoms with Crippen molar-refractivity contribution in [2.24, 2.45) is 0 Å². The van der Waals surface area contributed by atoms with E-state index in [1.165, 1.54) is 24.3 Å². The number of epoxide rings is 1. The van der Waals surface area contributed by atoms with Gasteiger partial charge in [0.25, 0.3) is 5.69 Å². The average molecular weight is 353 g/mol. The van der Waals surface area contributed by atoms with Gasteiger partial charge in [-0.2, -0.15) is 0 Å². The molecule has 2 fully saturated rings. The number of hydrogen-bond donors (Lipinski definition) is 0. The second kappa shape index (κ2) is 5.92. The van der Waals surface area contributed by atoms with E-state index in [2.05, 4.69) is 6.92 Å². The van der Waals surface area contributed by atoms with E-state index < -0.39 is 16.5 Å². The van der Waals surface area contributed by atoms with Gasteiger partial charge in [0.15, 0.2) is 5.60 Å². The largest absolute Gasteiger partial charge is 0.455 e. The molecule has 0 unspecified atom stereocenters. The van der Waals surface area contributed by atoms with Gasteiger partial charge in [-0.3, -0.25) is 10.1 Å². The van der Waals surface area contributed by atoms with Gasteiger partial charge in [-0.1, -0.05) is 30.3 Å². The van der Waals surface area contributed by atoms with Crippen molar-refractivity contribution in [3.8, 4) is 0 Å². The SMILES string of the molecule is C[C@@]12CCC[C@@H](OC(=O)c3ccc([N+](=O)[O-])cc3)[C@]1(c1ccccc1)O2. The molecule has 26 heavy (non-hydrogen) atoms. The summed E-state index contributed by atoms with van der Waals surface area (Å²) >= 11 is 0. The Kier molecular flexibility index (Phi) is 3.80. The lowest BCUT2D eigenvalue weighted by Gasteiger charge is -2.31. The van der Waals surface area contributed by atoms with Crippen molar-refractivity contribution < 1.29 is 19.2 Å². The first-order valence-corrected chi connectivity index (χ1v) is 8.67. The van der Waals surface area contributed by atoms with E-state index in [4.69, 9.17) is 9.47 Å². The van der Waals surface area contributed by atoms with E-state index in [0.717, 1.165) is 24.8 Å². The van der Waals surface area contributed by atoms with Crippen LogP contribution in [0.1, 0.15) is 42.1 Å². The molecule has 1 aliphatic heterocycles. The van der Waals surface area contributed by atoms with E-state index in [0.29, 0.717) is 5.56 Å². The summed E-state index contributed by atoms with van der Waals surface area (Å²) in [6, 6.07) is 15.3. The van der Waals surface area contributed by atoms with Crippen LogP contribution in [0.4, 0.5) is 5.69 Å². The summed E-state index contributed by atoms with van der Waals surface area (Å²) in [6.45, 7) is 2.06. The van der Waals surface area contributed by atoms with Crippen LogP contribution in [0, 0.1) is 10.1 Å². The number of esters is 1. The third-order valence-electron chi connectivity index (χ3n) is 5.47. The van der Waals surface area contributed by atoms with Gasteiger partial charge >= 0.3 is 5.97 Å². The number of nitro benzene ring substituents is 1. The molecule has 1 saturated heterocycles. The van der Waals surface area contributed by atoms with Gasteiger partial charge in [0, 0.05) is 12.1 Å². The van der Waals surface area contributed by atoms with Crippen LogP contribution in [0.3, 0.4) is 0 Å². The van der Waals surface area contributed by atoms with Crippen LogP contribution in [0.25, 0.3) is 0 Å². The summed E-state index contributed by atoms with van der Waals surface area (Å²) in [5.41, 5.74) is 0.323. The standard InChI is InChI=1S/C20H19NO5/c1-19-13-5-8-17(20(19,26-19)15-6-3-2-4-7-15)25-18(22)14-9-11-16(12-10-14)21(23)24/h2-4,6-7,9-12,17H,5,8,13H2,1H3/t17-,19-,20+/m1/s1. The number of non-ortho nitro benzene ring substituents is 1. The van der Waals surface area contributed by atoms with Crippen molar-refractivity contribution in [2.75, 3.05) is 0 Å². The quantitative estimate of drug-likeness (QED) is 0.359. The Morgan fingerprint density at radius 1 is 1.19 bits per heavy atom. The number of hydrogen-bond acceptors (Lipinski definition) is 5. The van der Waals surface area contributed by atoms with Crippen molar-refractivity contribution in [1.82, 2.24) is 0 Å². The van der Waals surface area contributed by atoms with E-state index in [-0.39, 0.29) is 17.4 Å². The third kappa shape index (κ3) is 2.49. The molecule has 0 radical (unpaired) electrons.